The average Bonchev–Trinajstić information content (AvgIpc) is 3.42. The zero-order valence-electron chi connectivity index (χ0n) is 16.7. The van der Waals surface area contributed by atoms with Gasteiger partial charge in [0.25, 0.3) is 0 Å². The summed E-state index contributed by atoms with van der Waals surface area (Å²) < 4.78 is 13.4. The Morgan fingerprint density at radius 2 is 1.63 bits per heavy atom. The number of likely N-dealkylation sites (tertiary alicyclic amines) is 1. The van der Waals surface area contributed by atoms with Crippen LogP contribution in [0.15, 0.2) is 48.5 Å². The van der Waals surface area contributed by atoms with Crippen molar-refractivity contribution in [1.82, 2.24) is 4.90 Å². The number of fused-ring (bicyclic) bond motifs is 5. The number of nitrogens with zero attached hydrogens (tertiary/aromatic N) is 1. The van der Waals surface area contributed by atoms with E-state index < -0.39 is 6.04 Å². The first-order chi connectivity index (χ1) is 14.4. The SMILES string of the molecule is C[C@@H](C(=O)Nc1ccc(-c2cccc(F)c2)cc1)N1C(=O)[C@@H]2[C@H]3CC[C@@H](C3)[C@@H]2C1=O. The fraction of sp³-hybridized carbons (Fsp3) is 0.375. The fourth-order valence-corrected chi connectivity index (χ4v) is 5.59. The number of amides is 3. The monoisotopic (exact) mass is 406 g/mol. The van der Waals surface area contributed by atoms with E-state index in [4.69, 9.17) is 0 Å². The Balaban J connectivity index is 1.29. The molecule has 0 aromatic heterocycles. The Hall–Kier alpha value is -3.02. The molecule has 5 rings (SSSR count). The molecule has 2 aromatic rings. The van der Waals surface area contributed by atoms with E-state index in [1.54, 1.807) is 37.3 Å². The van der Waals surface area contributed by atoms with Gasteiger partial charge < -0.3 is 5.32 Å². The summed E-state index contributed by atoms with van der Waals surface area (Å²) in [4.78, 5) is 39.8. The minimum absolute atomic E-state index is 0.179. The summed E-state index contributed by atoms with van der Waals surface area (Å²) in [6, 6.07) is 12.5. The van der Waals surface area contributed by atoms with Crippen LogP contribution in [0.4, 0.5) is 10.1 Å². The van der Waals surface area contributed by atoms with E-state index >= 15 is 0 Å². The van der Waals surface area contributed by atoms with Crippen molar-refractivity contribution in [2.24, 2.45) is 23.7 Å². The maximum atomic E-state index is 13.4. The second-order valence-electron chi connectivity index (χ2n) is 8.68. The molecule has 5 nitrogen and oxygen atoms in total. The molecule has 2 aromatic carbocycles. The van der Waals surface area contributed by atoms with E-state index in [2.05, 4.69) is 5.32 Å². The quantitative estimate of drug-likeness (QED) is 0.785. The molecular formula is C24H23FN2O3. The van der Waals surface area contributed by atoms with Crippen molar-refractivity contribution in [3.8, 4) is 11.1 Å². The molecule has 154 valence electrons. The molecule has 30 heavy (non-hydrogen) atoms. The molecule has 3 fully saturated rings. The predicted octanol–water partition coefficient (Wildman–Crippen LogP) is 3.85. The van der Waals surface area contributed by atoms with Crippen molar-refractivity contribution in [2.45, 2.75) is 32.2 Å². The van der Waals surface area contributed by atoms with Crippen LogP contribution in [0.1, 0.15) is 26.2 Å². The second-order valence-corrected chi connectivity index (χ2v) is 8.68. The number of imide groups is 1. The zero-order valence-corrected chi connectivity index (χ0v) is 16.7. The average molecular weight is 406 g/mol. The Bertz CT molecular complexity index is 1010. The van der Waals surface area contributed by atoms with Crippen LogP contribution in [0.3, 0.4) is 0 Å². The first kappa shape index (κ1) is 19.0. The van der Waals surface area contributed by atoms with E-state index in [1.807, 2.05) is 6.07 Å². The summed E-state index contributed by atoms with van der Waals surface area (Å²) in [7, 11) is 0. The Morgan fingerprint density at radius 1 is 1.00 bits per heavy atom. The number of rotatable bonds is 4. The lowest BCUT2D eigenvalue weighted by molar-refractivity contribution is -0.146. The number of hydrogen-bond donors (Lipinski definition) is 1. The van der Waals surface area contributed by atoms with Gasteiger partial charge in [-0.25, -0.2) is 4.39 Å². The minimum Gasteiger partial charge on any atom is -0.324 e. The number of benzene rings is 2. The Kier molecular flexibility index (Phi) is 4.45. The normalized spacial score (nSPS) is 28.0. The van der Waals surface area contributed by atoms with Crippen molar-refractivity contribution in [3.05, 3.63) is 54.3 Å². The topological polar surface area (TPSA) is 66.5 Å². The summed E-state index contributed by atoms with van der Waals surface area (Å²) in [5, 5.41) is 2.79. The van der Waals surface area contributed by atoms with Gasteiger partial charge in [0, 0.05) is 5.69 Å². The highest BCUT2D eigenvalue weighted by Crippen LogP contribution is 2.56. The molecule has 2 aliphatic carbocycles. The summed E-state index contributed by atoms with van der Waals surface area (Å²) in [6.07, 6.45) is 2.99. The molecule has 0 spiro atoms. The van der Waals surface area contributed by atoms with Gasteiger partial charge in [0.05, 0.1) is 11.8 Å². The third kappa shape index (κ3) is 2.93. The molecule has 1 aliphatic heterocycles. The first-order valence-corrected chi connectivity index (χ1v) is 10.5. The van der Waals surface area contributed by atoms with Crippen molar-refractivity contribution in [1.29, 1.82) is 0 Å². The van der Waals surface area contributed by atoms with Gasteiger partial charge in [0.15, 0.2) is 0 Å². The van der Waals surface area contributed by atoms with Gasteiger partial charge in [-0.05, 0) is 73.4 Å². The molecule has 5 atom stereocenters. The smallest absolute Gasteiger partial charge is 0.247 e. The van der Waals surface area contributed by atoms with Crippen LogP contribution < -0.4 is 5.32 Å². The molecule has 2 bridgehead atoms. The molecule has 0 radical (unpaired) electrons. The van der Waals surface area contributed by atoms with Crippen LogP contribution in [-0.4, -0.2) is 28.7 Å². The lowest BCUT2D eigenvalue weighted by atomic mass is 9.81. The predicted molar refractivity (Wildman–Crippen MR) is 110 cm³/mol. The Morgan fingerprint density at radius 3 is 2.23 bits per heavy atom. The third-order valence-corrected chi connectivity index (χ3v) is 7.04. The van der Waals surface area contributed by atoms with Gasteiger partial charge in [0.1, 0.15) is 11.9 Å². The van der Waals surface area contributed by atoms with Crippen LogP contribution >= 0.6 is 0 Å². The van der Waals surface area contributed by atoms with Gasteiger partial charge in [-0.1, -0.05) is 24.3 Å². The zero-order chi connectivity index (χ0) is 21.0. The molecule has 1 heterocycles. The third-order valence-electron chi connectivity index (χ3n) is 7.04. The number of nitrogens with one attached hydrogen (secondary N) is 1. The van der Waals surface area contributed by atoms with Crippen LogP contribution in [0.25, 0.3) is 11.1 Å². The fourth-order valence-electron chi connectivity index (χ4n) is 5.59. The van der Waals surface area contributed by atoms with Gasteiger partial charge in [-0.15, -0.1) is 0 Å². The van der Waals surface area contributed by atoms with Crippen LogP contribution in [-0.2, 0) is 14.4 Å². The molecule has 3 amide bonds. The van der Waals surface area contributed by atoms with Gasteiger partial charge in [0.2, 0.25) is 17.7 Å². The number of carbonyl (C=O) groups excluding carboxylic acids is 3. The summed E-state index contributed by atoms with van der Waals surface area (Å²) in [6.45, 7) is 1.61. The van der Waals surface area contributed by atoms with Crippen LogP contribution in [0.2, 0.25) is 0 Å². The molecule has 1 N–H and O–H groups in total. The highest BCUT2D eigenvalue weighted by Gasteiger charge is 2.62. The van der Waals surface area contributed by atoms with E-state index in [9.17, 15) is 18.8 Å². The van der Waals surface area contributed by atoms with Gasteiger partial charge >= 0.3 is 0 Å². The number of carbonyl (C=O) groups is 3. The summed E-state index contributed by atoms with van der Waals surface area (Å²) >= 11 is 0. The molecule has 3 aliphatic rings. The van der Waals surface area contributed by atoms with Crippen molar-refractivity contribution < 1.29 is 18.8 Å². The highest BCUT2D eigenvalue weighted by atomic mass is 19.1. The molecule has 0 unspecified atom stereocenters. The van der Waals surface area contributed by atoms with Crippen LogP contribution in [0.5, 0.6) is 0 Å². The summed E-state index contributed by atoms with van der Waals surface area (Å²) in [5.41, 5.74) is 2.13. The largest absolute Gasteiger partial charge is 0.324 e. The molecule has 1 saturated heterocycles. The first-order valence-electron chi connectivity index (χ1n) is 10.5. The second kappa shape index (κ2) is 7.04. The maximum Gasteiger partial charge on any atom is 0.247 e. The lowest BCUT2D eigenvalue weighted by Crippen LogP contribution is -2.46. The van der Waals surface area contributed by atoms with E-state index in [1.165, 1.54) is 17.0 Å². The number of anilines is 1. The van der Waals surface area contributed by atoms with E-state index in [0.717, 1.165) is 30.4 Å². The molecular weight excluding hydrogens is 383 g/mol. The standard InChI is InChI=1S/C24H23FN2O3/c1-13(27-23(29)20-16-5-6-17(11-16)21(20)24(27)30)22(28)26-19-9-7-14(8-10-19)15-3-2-4-18(25)12-15/h2-4,7-10,12-13,16-17,20-21H,5-6,11H2,1H3,(H,26,28)/t13-,16-,17-,20-,21+/m0/s1. The van der Waals surface area contributed by atoms with Gasteiger partial charge in [-0.2, -0.15) is 0 Å². The lowest BCUT2D eigenvalue weighted by Gasteiger charge is -2.23. The molecule has 2 saturated carbocycles. The van der Waals surface area contributed by atoms with E-state index in [-0.39, 0.29) is 35.4 Å². The van der Waals surface area contributed by atoms with Gasteiger partial charge in [-0.3, -0.25) is 19.3 Å². The number of halogens is 1. The minimum atomic E-state index is -0.849. The van der Waals surface area contributed by atoms with Crippen molar-refractivity contribution in [3.63, 3.8) is 0 Å². The highest BCUT2D eigenvalue weighted by molar-refractivity contribution is 6.10. The van der Waals surface area contributed by atoms with Crippen molar-refractivity contribution >= 4 is 23.4 Å². The maximum absolute atomic E-state index is 13.4. The van der Waals surface area contributed by atoms with Crippen LogP contribution in [0, 0.1) is 29.5 Å². The van der Waals surface area contributed by atoms with Crippen molar-refractivity contribution in [2.75, 3.05) is 5.32 Å². The Labute approximate surface area is 174 Å². The summed E-state index contributed by atoms with van der Waals surface area (Å²) in [5.74, 6) is -0.907. The van der Waals surface area contributed by atoms with E-state index in [0.29, 0.717) is 17.5 Å². The number of hydrogen-bond acceptors (Lipinski definition) is 3. The molecule has 6 heteroatoms.